The molecule has 3 aromatic rings. The van der Waals surface area contributed by atoms with Gasteiger partial charge in [0, 0.05) is 0 Å². The van der Waals surface area contributed by atoms with Gasteiger partial charge in [0.2, 0.25) is 0 Å². The van der Waals surface area contributed by atoms with Crippen molar-refractivity contribution >= 4 is 23.6 Å². The lowest BCUT2D eigenvalue weighted by Crippen LogP contribution is -2.70. The van der Waals surface area contributed by atoms with Crippen molar-refractivity contribution in [2.75, 3.05) is 21.3 Å². The summed E-state index contributed by atoms with van der Waals surface area (Å²) in [4.78, 5) is 0. The molecule has 0 aliphatic heterocycles. The van der Waals surface area contributed by atoms with Crippen LogP contribution in [0.1, 0.15) is 61.1 Å². The quantitative estimate of drug-likeness (QED) is 0.236. The first-order valence-corrected chi connectivity index (χ1v) is 16.2. The molecule has 0 aromatic heterocycles. The number of methoxy groups -OCH3 is 3. The van der Waals surface area contributed by atoms with Crippen molar-refractivity contribution in [1.29, 1.82) is 0 Å². The second-order valence-corrected chi connectivity index (χ2v) is 15.2. The van der Waals surface area contributed by atoms with Crippen LogP contribution in [0.3, 0.4) is 0 Å². The largest absolute Gasteiger partial charge is 0.497 e. The van der Waals surface area contributed by atoms with Gasteiger partial charge in [0.05, 0.1) is 21.3 Å². The fourth-order valence-electron chi connectivity index (χ4n) is 6.89. The number of hydrogen-bond donors (Lipinski definition) is 0. The lowest BCUT2D eigenvalue weighted by Gasteiger charge is -2.41. The Balaban J connectivity index is 2.43. The fraction of sp³-hybridized carbons (Fsp3) is 0.389. The highest BCUT2D eigenvalue weighted by molar-refractivity contribution is 7.17. The van der Waals surface area contributed by atoms with E-state index in [1.165, 1.54) is 70.9 Å². The molecule has 0 heterocycles. The van der Waals surface area contributed by atoms with Gasteiger partial charge in [0.1, 0.15) is 17.2 Å². The summed E-state index contributed by atoms with van der Waals surface area (Å²) in [6, 6.07) is 13.8. The molecule has 0 spiro atoms. The predicted molar refractivity (Wildman–Crippen MR) is 172 cm³/mol. The zero-order valence-corrected chi connectivity index (χ0v) is 27.8. The van der Waals surface area contributed by atoms with Crippen LogP contribution < -0.4 is 29.8 Å². The van der Waals surface area contributed by atoms with E-state index in [-0.39, 0.29) is 5.92 Å². The van der Waals surface area contributed by atoms with E-state index in [4.69, 9.17) is 14.2 Å². The second kappa shape index (κ2) is 11.0. The van der Waals surface area contributed by atoms with Gasteiger partial charge in [-0.05, 0) is 123 Å². The number of rotatable bonds is 7. The van der Waals surface area contributed by atoms with E-state index in [0.29, 0.717) is 0 Å². The molecule has 212 valence electrons. The van der Waals surface area contributed by atoms with Crippen molar-refractivity contribution < 1.29 is 14.2 Å². The van der Waals surface area contributed by atoms with Gasteiger partial charge in [-0.2, -0.15) is 0 Å². The maximum Gasteiger partial charge on any atom is 0.189 e. The van der Waals surface area contributed by atoms with E-state index < -0.39 is 8.07 Å². The Hall–Kier alpha value is -3.24. The van der Waals surface area contributed by atoms with Crippen molar-refractivity contribution in [3.05, 3.63) is 91.7 Å². The Morgan fingerprint density at radius 2 is 0.825 bits per heavy atom. The average molecular weight is 555 g/mol. The maximum absolute atomic E-state index is 6.36. The smallest absolute Gasteiger partial charge is 0.189 e. The number of ether oxygens (including phenoxy) is 3. The van der Waals surface area contributed by atoms with Gasteiger partial charge in [0.25, 0.3) is 0 Å². The van der Waals surface area contributed by atoms with Crippen LogP contribution in [0.4, 0.5) is 0 Å². The standard InChI is InChI=1S/C36H46O3Si/c1-20-14-17-30(33(37-11)23(20)4)40(36-28(9)26(7)27(8)29(36)10,31-18-15-21(2)24(5)34(31)38-12)32-19-16-22(3)25(6)35(32)39-13/h14-19,28H,1-13H3. The van der Waals surface area contributed by atoms with Crippen LogP contribution in [0.2, 0.25) is 0 Å². The molecule has 1 atom stereocenters. The molecule has 0 amide bonds. The summed E-state index contributed by atoms with van der Waals surface area (Å²) in [5.74, 6) is 3.14. The second-order valence-electron chi connectivity index (χ2n) is 11.6. The minimum atomic E-state index is -3.10. The Morgan fingerprint density at radius 3 is 1.07 bits per heavy atom. The molecule has 0 saturated carbocycles. The Labute approximate surface area is 242 Å². The van der Waals surface area contributed by atoms with Gasteiger partial charge in [-0.1, -0.05) is 59.7 Å². The topological polar surface area (TPSA) is 27.7 Å². The Kier molecular flexibility index (Phi) is 8.15. The minimum absolute atomic E-state index is 0.260. The molecule has 0 saturated heterocycles. The van der Waals surface area contributed by atoms with Gasteiger partial charge in [0.15, 0.2) is 8.07 Å². The third-order valence-corrected chi connectivity index (χ3v) is 15.1. The first kappa shape index (κ1) is 29.7. The summed E-state index contributed by atoms with van der Waals surface area (Å²) in [5, 5.41) is 5.20. The first-order chi connectivity index (χ1) is 18.9. The number of benzene rings is 3. The third kappa shape index (κ3) is 4.14. The molecule has 1 aliphatic carbocycles. The summed E-state index contributed by atoms with van der Waals surface area (Å²) in [5.41, 5.74) is 11.4. The van der Waals surface area contributed by atoms with Crippen molar-refractivity contribution in [3.8, 4) is 17.2 Å². The third-order valence-electron chi connectivity index (χ3n) is 9.90. The molecular formula is C36H46O3Si. The zero-order valence-electron chi connectivity index (χ0n) is 26.8. The molecule has 40 heavy (non-hydrogen) atoms. The van der Waals surface area contributed by atoms with Crippen LogP contribution in [-0.4, -0.2) is 29.4 Å². The highest BCUT2D eigenvalue weighted by atomic mass is 28.3. The van der Waals surface area contributed by atoms with E-state index in [2.05, 4.69) is 106 Å². The zero-order chi connectivity index (χ0) is 29.7. The van der Waals surface area contributed by atoms with Gasteiger partial charge in [-0.3, -0.25) is 0 Å². The van der Waals surface area contributed by atoms with Gasteiger partial charge < -0.3 is 14.2 Å². The molecule has 1 aliphatic rings. The highest BCUT2D eigenvalue weighted by Crippen LogP contribution is 2.44. The minimum Gasteiger partial charge on any atom is -0.497 e. The number of hydrogen-bond acceptors (Lipinski definition) is 3. The van der Waals surface area contributed by atoms with Crippen molar-refractivity contribution in [1.82, 2.24) is 0 Å². The van der Waals surface area contributed by atoms with Gasteiger partial charge >= 0.3 is 0 Å². The van der Waals surface area contributed by atoms with Crippen LogP contribution in [0.15, 0.2) is 58.3 Å². The maximum atomic E-state index is 6.36. The van der Waals surface area contributed by atoms with Crippen LogP contribution >= 0.6 is 0 Å². The van der Waals surface area contributed by atoms with E-state index in [1.54, 1.807) is 0 Å². The summed E-state index contributed by atoms with van der Waals surface area (Å²) >= 11 is 0. The molecule has 4 heteroatoms. The first-order valence-electron chi connectivity index (χ1n) is 14.2. The molecule has 0 N–H and O–H groups in total. The lowest BCUT2D eigenvalue weighted by atomic mass is 10.1. The number of allylic oxidation sites excluding steroid dienone is 4. The fourth-order valence-corrected chi connectivity index (χ4v) is 13.1. The van der Waals surface area contributed by atoms with Gasteiger partial charge in [-0.25, -0.2) is 0 Å². The van der Waals surface area contributed by atoms with Crippen molar-refractivity contribution in [2.45, 2.75) is 69.2 Å². The Bertz CT molecular complexity index is 1410. The van der Waals surface area contributed by atoms with E-state index in [9.17, 15) is 0 Å². The molecule has 1 unspecified atom stereocenters. The monoisotopic (exact) mass is 554 g/mol. The molecule has 0 radical (unpaired) electrons. The normalized spacial score (nSPS) is 15.7. The Morgan fingerprint density at radius 1 is 0.500 bits per heavy atom. The molecule has 3 nitrogen and oxygen atoms in total. The molecular weight excluding hydrogens is 508 g/mol. The van der Waals surface area contributed by atoms with E-state index in [0.717, 1.165) is 17.2 Å². The van der Waals surface area contributed by atoms with Gasteiger partial charge in [-0.15, -0.1) is 0 Å². The van der Waals surface area contributed by atoms with Crippen LogP contribution in [0, 0.1) is 47.5 Å². The molecule has 3 aromatic carbocycles. The van der Waals surface area contributed by atoms with E-state index >= 15 is 0 Å². The molecule has 4 rings (SSSR count). The van der Waals surface area contributed by atoms with Crippen LogP contribution in [0.25, 0.3) is 0 Å². The average Bonchev–Trinajstić information content (AvgIpc) is 3.13. The van der Waals surface area contributed by atoms with E-state index in [1.807, 2.05) is 21.3 Å². The number of aryl methyl sites for hydroxylation is 3. The summed E-state index contributed by atoms with van der Waals surface area (Å²) in [7, 11) is 2.34. The van der Waals surface area contributed by atoms with Crippen molar-refractivity contribution in [3.63, 3.8) is 0 Å². The summed E-state index contributed by atoms with van der Waals surface area (Å²) in [6.07, 6.45) is 0. The summed E-state index contributed by atoms with van der Waals surface area (Å²) in [6.45, 7) is 22.3. The van der Waals surface area contributed by atoms with Crippen LogP contribution in [-0.2, 0) is 0 Å². The summed E-state index contributed by atoms with van der Waals surface area (Å²) < 4.78 is 19.1. The highest BCUT2D eigenvalue weighted by Gasteiger charge is 2.53. The van der Waals surface area contributed by atoms with Crippen molar-refractivity contribution in [2.24, 2.45) is 5.92 Å². The molecule has 0 fully saturated rings. The lowest BCUT2D eigenvalue weighted by molar-refractivity contribution is 0.412. The predicted octanol–water partition coefficient (Wildman–Crippen LogP) is 6.87. The SMILES string of the molecule is COc1c([Si](C2=C(C)C(C)=C(C)C2C)(c2ccc(C)c(C)c2OC)c2ccc(C)c(C)c2OC)ccc(C)c1C. The van der Waals surface area contributed by atoms with Crippen LogP contribution in [0.5, 0.6) is 17.2 Å². The molecule has 0 bridgehead atoms.